The van der Waals surface area contributed by atoms with E-state index in [1.54, 1.807) is 0 Å². The Balaban J connectivity index is 0.00000576. The lowest BCUT2D eigenvalue weighted by Gasteiger charge is -2.16. The largest absolute Gasteiger partial charge is 0.302 e. The van der Waals surface area contributed by atoms with E-state index in [0.717, 1.165) is 6.54 Å². The zero-order valence-corrected chi connectivity index (χ0v) is 18.6. The third-order valence-electron chi connectivity index (χ3n) is 4.94. The van der Waals surface area contributed by atoms with Crippen LogP contribution in [0.1, 0.15) is 96.0 Å². The molecule has 0 unspecified atom stereocenters. The number of rotatable bonds is 16. The Morgan fingerprint density at radius 2 is 1.08 bits per heavy atom. The van der Waals surface area contributed by atoms with Gasteiger partial charge in [-0.3, -0.25) is 0 Å². The van der Waals surface area contributed by atoms with E-state index in [-0.39, 0.29) is 17.0 Å². The van der Waals surface area contributed by atoms with Crippen LogP contribution in [0, 0.1) is 0 Å². The lowest BCUT2D eigenvalue weighted by atomic mass is 10.0. The number of hydrogen-bond donors (Lipinski definition) is 0. The second-order valence-corrected chi connectivity index (χ2v) is 7.47. The zero-order chi connectivity index (χ0) is 17.3. The molecule has 0 aliphatic rings. The molecule has 1 nitrogen and oxygen atoms in total. The summed E-state index contributed by atoms with van der Waals surface area (Å²) < 4.78 is 0. The molecule has 1 aromatic carbocycles. The average Bonchev–Trinajstić information content (AvgIpc) is 2.60. The highest BCUT2D eigenvalue weighted by molar-refractivity contribution is 8.93. The molecule has 0 radical (unpaired) electrons. The summed E-state index contributed by atoms with van der Waals surface area (Å²) in [4.78, 5) is 2.45. The Bertz CT molecular complexity index is 366. The maximum Gasteiger partial charge on any atom is 0.0230 e. The van der Waals surface area contributed by atoms with Gasteiger partial charge in [0.05, 0.1) is 0 Å². The summed E-state index contributed by atoms with van der Waals surface area (Å²) in [6, 6.07) is 10.8. The van der Waals surface area contributed by atoms with Crippen LogP contribution in [-0.4, -0.2) is 18.5 Å². The summed E-state index contributed by atoms with van der Waals surface area (Å²) in [6.07, 6.45) is 18.6. The number of halogens is 1. The molecule has 2 heteroatoms. The molecule has 0 aromatic heterocycles. The number of benzene rings is 1. The van der Waals surface area contributed by atoms with Crippen molar-refractivity contribution in [3.05, 3.63) is 35.9 Å². The minimum atomic E-state index is 0. The van der Waals surface area contributed by atoms with Gasteiger partial charge in [-0.05, 0) is 25.6 Å². The molecule has 1 aromatic rings. The Labute approximate surface area is 168 Å². The first-order valence-electron chi connectivity index (χ1n) is 10.6. The summed E-state index contributed by atoms with van der Waals surface area (Å²) in [6.45, 7) is 4.60. The van der Waals surface area contributed by atoms with E-state index < -0.39 is 0 Å². The van der Waals surface area contributed by atoms with Gasteiger partial charge in [0.1, 0.15) is 0 Å². The van der Waals surface area contributed by atoms with Crippen molar-refractivity contribution >= 4 is 17.0 Å². The topological polar surface area (TPSA) is 3.24 Å². The van der Waals surface area contributed by atoms with Crippen LogP contribution in [0.25, 0.3) is 0 Å². The van der Waals surface area contributed by atoms with E-state index in [1.807, 2.05) is 0 Å². The third-order valence-corrected chi connectivity index (χ3v) is 4.94. The quantitative estimate of drug-likeness (QED) is 0.251. The van der Waals surface area contributed by atoms with E-state index in [0.29, 0.717) is 0 Å². The van der Waals surface area contributed by atoms with E-state index in [2.05, 4.69) is 49.2 Å². The minimum absolute atomic E-state index is 0. The fourth-order valence-electron chi connectivity index (χ4n) is 3.37. The van der Waals surface area contributed by atoms with Crippen molar-refractivity contribution < 1.29 is 0 Å². The van der Waals surface area contributed by atoms with Crippen LogP contribution in [0.2, 0.25) is 0 Å². The van der Waals surface area contributed by atoms with Crippen LogP contribution >= 0.6 is 17.0 Å². The molecule has 0 saturated heterocycles. The minimum Gasteiger partial charge on any atom is -0.302 e. The Morgan fingerprint density at radius 1 is 0.640 bits per heavy atom. The van der Waals surface area contributed by atoms with Crippen LogP contribution in [0.5, 0.6) is 0 Å². The molecule has 1 rings (SSSR count). The summed E-state index contributed by atoms with van der Waals surface area (Å²) in [5, 5.41) is 0. The van der Waals surface area contributed by atoms with E-state index in [9.17, 15) is 0 Å². The van der Waals surface area contributed by atoms with Crippen LogP contribution in [0.4, 0.5) is 0 Å². The van der Waals surface area contributed by atoms with Crippen molar-refractivity contribution in [2.24, 2.45) is 0 Å². The molecule has 0 fully saturated rings. The van der Waals surface area contributed by atoms with Gasteiger partial charge < -0.3 is 4.90 Å². The van der Waals surface area contributed by atoms with Crippen LogP contribution in [0.3, 0.4) is 0 Å². The predicted octanol–water partition coefficient (Wildman–Crippen LogP) is 7.79. The maximum atomic E-state index is 2.45. The fourth-order valence-corrected chi connectivity index (χ4v) is 3.37. The molecule has 0 heterocycles. The van der Waals surface area contributed by atoms with Crippen molar-refractivity contribution in [3.8, 4) is 0 Å². The highest BCUT2D eigenvalue weighted by Gasteiger charge is 2.00. The van der Waals surface area contributed by atoms with Crippen LogP contribution < -0.4 is 0 Å². The Morgan fingerprint density at radius 3 is 1.56 bits per heavy atom. The highest BCUT2D eigenvalue weighted by Crippen LogP contribution is 2.12. The van der Waals surface area contributed by atoms with Gasteiger partial charge in [0.25, 0.3) is 0 Å². The highest BCUT2D eigenvalue weighted by atomic mass is 79.9. The van der Waals surface area contributed by atoms with Gasteiger partial charge in [0.2, 0.25) is 0 Å². The summed E-state index contributed by atoms with van der Waals surface area (Å²) >= 11 is 0. The van der Waals surface area contributed by atoms with Gasteiger partial charge in [0.15, 0.2) is 0 Å². The first-order chi connectivity index (χ1) is 11.8. The molecule has 0 amide bonds. The summed E-state index contributed by atoms with van der Waals surface area (Å²) in [5.74, 6) is 0. The van der Waals surface area contributed by atoms with Crippen molar-refractivity contribution in [3.63, 3.8) is 0 Å². The molecule has 146 valence electrons. The standard InChI is InChI=1S/C23H41N.BrH/c1-3-4-5-6-7-8-9-10-11-12-13-14-18-21-24(2)22-23-19-16-15-17-20-23;/h15-17,19-20H,3-14,18,21-22H2,1-2H3;1H. The second-order valence-electron chi connectivity index (χ2n) is 7.47. The molecule has 0 spiro atoms. The van der Waals surface area contributed by atoms with E-state index in [4.69, 9.17) is 0 Å². The van der Waals surface area contributed by atoms with Crippen molar-refractivity contribution in [1.29, 1.82) is 0 Å². The molecule has 25 heavy (non-hydrogen) atoms. The lowest BCUT2D eigenvalue weighted by molar-refractivity contribution is 0.316. The van der Waals surface area contributed by atoms with Crippen LogP contribution in [-0.2, 0) is 6.54 Å². The average molecular weight is 413 g/mol. The normalized spacial score (nSPS) is 10.8. The van der Waals surface area contributed by atoms with Gasteiger partial charge in [0, 0.05) is 6.54 Å². The molecule has 0 atom stereocenters. The van der Waals surface area contributed by atoms with E-state index >= 15 is 0 Å². The first-order valence-corrected chi connectivity index (χ1v) is 10.6. The lowest BCUT2D eigenvalue weighted by Crippen LogP contribution is -2.18. The van der Waals surface area contributed by atoms with Crippen LogP contribution in [0.15, 0.2) is 30.3 Å². The molecule has 0 aliphatic heterocycles. The third kappa shape index (κ3) is 15.6. The number of unbranched alkanes of at least 4 members (excludes halogenated alkanes) is 12. The smallest absolute Gasteiger partial charge is 0.0230 e. The number of hydrogen-bond acceptors (Lipinski definition) is 1. The van der Waals surface area contributed by atoms with Gasteiger partial charge in [-0.2, -0.15) is 0 Å². The Kier molecular flexibility index (Phi) is 18.2. The zero-order valence-electron chi connectivity index (χ0n) is 16.8. The second kappa shape index (κ2) is 18.5. The first kappa shape index (κ1) is 24.7. The van der Waals surface area contributed by atoms with Crippen molar-refractivity contribution in [1.82, 2.24) is 4.90 Å². The monoisotopic (exact) mass is 411 g/mol. The molecule has 0 saturated carbocycles. The summed E-state index contributed by atoms with van der Waals surface area (Å²) in [7, 11) is 2.24. The van der Waals surface area contributed by atoms with Crippen molar-refractivity contribution in [2.75, 3.05) is 13.6 Å². The fraction of sp³-hybridized carbons (Fsp3) is 0.739. The molecule has 0 aliphatic carbocycles. The predicted molar refractivity (Wildman–Crippen MR) is 119 cm³/mol. The van der Waals surface area contributed by atoms with Gasteiger partial charge >= 0.3 is 0 Å². The number of nitrogens with zero attached hydrogens (tertiary/aromatic N) is 1. The summed E-state index contributed by atoms with van der Waals surface area (Å²) in [5.41, 5.74) is 1.43. The van der Waals surface area contributed by atoms with Gasteiger partial charge in [-0.1, -0.05) is 114 Å². The maximum absolute atomic E-state index is 2.45. The molecule has 0 bridgehead atoms. The Hall–Kier alpha value is -0.340. The molecular weight excluding hydrogens is 370 g/mol. The van der Waals surface area contributed by atoms with Crippen molar-refractivity contribution in [2.45, 2.75) is 96.9 Å². The molecular formula is C23H42BrN. The SMILES string of the molecule is Br.CCCCCCCCCCCCCCCN(C)Cc1ccccc1. The van der Waals surface area contributed by atoms with Gasteiger partial charge in [-0.25, -0.2) is 0 Å². The van der Waals surface area contributed by atoms with Gasteiger partial charge in [-0.15, -0.1) is 17.0 Å². The van der Waals surface area contributed by atoms with E-state index in [1.165, 1.54) is 95.6 Å². The molecule has 0 N–H and O–H groups in total.